The van der Waals surface area contributed by atoms with Gasteiger partial charge < -0.3 is 14.5 Å². The van der Waals surface area contributed by atoms with Crippen LogP contribution in [-0.4, -0.2) is 79.4 Å². The Hall–Kier alpha value is -3.77. The van der Waals surface area contributed by atoms with Crippen LogP contribution < -0.4 is 0 Å². The first kappa shape index (κ1) is 35.7. The SMILES string of the molecule is C=CCN(C(=O)OCc1ccc([N+](=O)[O-])cc1)C1CCN(CC[C@@H](CN(C)S(=O)(=O)c2ccccc2)c2ccccc2)CC1.Cl. The van der Waals surface area contributed by atoms with Crippen molar-refractivity contribution in [3.8, 4) is 0 Å². The molecule has 0 N–H and O–H groups in total. The van der Waals surface area contributed by atoms with Crippen LogP contribution in [0, 0.1) is 10.1 Å². The lowest BCUT2D eigenvalue weighted by molar-refractivity contribution is -0.384. The molecule has 0 unspecified atom stereocenters. The highest BCUT2D eigenvalue weighted by atomic mass is 35.5. The van der Waals surface area contributed by atoms with Crippen molar-refractivity contribution in [3.05, 3.63) is 119 Å². The van der Waals surface area contributed by atoms with Crippen molar-refractivity contribution < 1.29 is 22.9 Å². The third-order valence-corrected chi connectivity index (χ3v) is 9.90. The molecule has 242 valence electrons. The van der Waals surface area contributed by atoms with E-state index in [0.717, 1.165) is 44.5 Å². The van der Waals surface area contributed by atoms with Gasteiger partial charge in [0.25, 0.3) is 5.69 Å². The maximum absolute atomic E-state index is 13.2. The smallest absolute Gasteiger partial charge is 0.410 e. The van der Waals surface area contributed by atoms with Crippen molar-refractivity contribution in [2.24, 2.45) is 0 Å². The summed E-state index contributed by atoms with van der Waals surface area (Å²) >= 11 is 0. The molecule has 0 aliphatic carbocycles. The molecule has 0 saturated carbocycles. The number of nitrogens with zero attached hydrogens (tertiary/aromatic N) is 4. The van der Waals surface area contributed by atoms with E-state index in [-0.39, 0.29) is 41.6 Å². The number of non-ortho nitro benzene ring substituents is 1. The molecule has 0 spiro atoms. The number of nitro benzene ring substituents is 1. The van der Waals surface area contributed by atoms with Crippen LogP contribution in [0.2, 0.25) is 0 Å². The minimum atomic E-state index is -3.61. The van der Waals surface area contributed by atoms with Crippen LogP contribution in [0.1, 0.15) is 36.3 Å². The normalized spacial score (nSPS) is 14.7. The van der Waals surface area contributed by atoms with Gasteiger partial charge >= 0.3 is 6.09 Å². The average molecular weight is 657 g/mol. The number of carbonyl (C=O) groups excluding carboxylic acids is 1. The third kappa shape index (κ3) is 9.86. The molecule has 1 heterocycles. The summed E-state index contributed by atoms with van der Waals surface area (Å²) in [6.07, 6.45) is 3.59. The molecule has 1 atom stereocenters. The number of benzene rings is 3. The van der Waals surface area contributed by atoms with Crippen LogP contribution in [0.15, 0.2) is 102 Å². The highest BCUT2D eigenvalue weighted by Crippen LogP contribution is 2.26. The van der Waals surface area contributed by atoms with Crippen molar-refractivity contribution in [3.63, 3.8) is 0 Å². The van der Waals surface area contributed by atoms with Crippen LogP contribution in [-0.2, 0) is 21.4 Å². The lowest BCUT2D eigenvalue weighted by atomic mass is 9.94. The Morgan fingerprint density at radius 3 is 2.22 bits per heavy atom. The van der Waals surface area contributed by atoms with Gasteiger partial charge in [-0.15, -0.1) is 19.0 Å². The number of hydrogen-bond acceptors (Lipinski definition) is 7. The molecule has 1 amide bonds. The number of likely N-dealkylation sites (tertiary alicyclic amines) is 1. The number of rotatable bonds is 14. The van der Waals surface area contributed by atoms with Crippen LogP contribution in [0.3, 0.4) is 0 Å². The molecular formula is C33H41ClN4O6S. The lowest BCUT2D eigenvalue weighted by Gasteiger charge is -2.38. The van der Waals surface area contributed by atoms with Gasteiger partial charge in [0.2, 0.25) is 10.0 Å². The summed E-state index contributed by atoms with van der Waals surface area (Å²) < 4.78 is 33.4. The highest BCUT2D eigenvalue weighted by molar-refractivity contribution is 7.89. The Morgan fingerprint density at radius 2 is 1.64 bits per heavy atom. The predicted molar refractivity (Wildman–Crippen MR) is 177 cm³/mol. The van der Waals surface area contributed by atoms with Gasteiger partial charge in [0, 0.05) is 51.4 Å². The average Bonchev–Trinajstić information content (AvgIpc) is 3.05. The van der Waals surface area contributed by atoms with Crippen molar-refractivity contribution in [1.29, 1.82) is 0 Å². The number of carbonyl (C=O) groups is 1. The third-order valence-electron chi connectivity index (χ3n) is 8.06. The second-order valence-corrected chi connectivity index (χ2v) is 13.0. The number of piperidine rings is 1. The maximum Gasteiger partial charge on any atom is 0.410 e. The van der Waals surface area contributed by atoms with Crippen LogP contribution in [0.25, 0.3) is 0 Å². The molecule has 1 fully saturated rings. The summed E-state index contributed by atoms with van der Waals surface area (Å²) in [7, 11) is -1.97. The number of nitro groups is 1. The summed E-state index contributed by atoms with van der Waals surface area (Å²) in [6.45, 7) is 6.96. The molecule has 1 aliphatic heterocycles. The van der Waals surface area contributed by atoms with Gasteiger partial charge in [0.1, 0.15) is 6.61 Å². The van der Waals surface area contributed by atoms with E-state index >= 15 is 0 Å². The number of likely N-dealkylation sites (N-methyl/N-ethyl adjacent to an activating group) is 1. The number of sulfonamides is 1. The summed E-state index contributed by atoms with van der Waals surface area (Å²) in [4.78, 5) is 27.8. The molecule has 10 nitrogen and oxygen atoms in total. The van der Waals surface area contributed by atoms with Crippen molar-refractivity contribution in [2.45, 2.75) is 42.7 Å². The van der Waals surface area contributed by atoms with E-state index in [9.17, 15) is 23.3 Å². The van der Waals surface area contributed by atoms with Crippen molar-refractivity contribution in [1.82, 2.24) is 14.1 Å². The lowest BCUT2D eigenvalue weighted by Crippen LogP contribution is -2.48. The zero-order valence-electron chi connectivity index (χ0n) is 25.4. The largest absolute Gasteiger partial charge is 0.445 e. The van der Waals surface area contributed by atoms with Gasteiger partial charge in [0.05, 0.1) is 9.82 Å². The maximum atomic E-state index is 13.2. The number of halogens is 1. The summed E-state index contributed by atoms with van der Waals surface area (Å²) in [6, 6.07) is 24.5. The monoisotopic (exact) mass is 656 g/mol. The minimum absolute atomic E-state index is 0. The molecule has 3 aromatic carbocycles. The number of amides is 1. The first-order valence-electron chi connectivity index (χ1n) is 14.8. The minimum Gasteiger partial charge on any atom is -0.445 e. The predicted octanol–water partition coefficient (Wildman–Crippen LogP) is 6.10. The molecule has 0 bridgehead atoms. The van der Waals surface area contributed by atoms with Crippen LogP contribution in [0.4, 0.5) is 10.5 Å². The van der Waals surface area contributed by atoms with Crippen LogP contribution in [0.5, 0.6) is 0 Å². The Morgan fingerprint density at radius 1 is 1.04 bits per heavy atom. The second kappa shape index (κ2) is 17.1. The van der Waals surface area contributed by atoms with E-state index in [0.29, 0.717) is 18.7 Å². The Labute approximate surface area is 271 Å². The van der Waals surface area contributed by atoms with E-state index in [1.54, 1.807) is 60.5 Å². The summed E-state index contributed by atoms with van der Waals surface area (Å²) in [5.74, 6) is 0.0177. The van der Waals surface area contributed by atoms with E-state index < -0.39 is 21.0 Å². The van der Waals surface area contributed by atoms with Gasteiger partial charge in [-0.25, -0.2) is 17.5 Å². The van der Waals surface area contributed by atoms with E-state index in [4.69, 9.17) is 4.74 Å². The first-order chi connectivity index (χ1) is 21.2. The van der Waals surface area contributed by atoms with Gasteiger partial charge in [-0.05, 0) is 67.1 Å². The summed E-state index contributed by atoms with van der Waals surface area (Å²) in [5, 5.41) is 10.9. The number of ether oxygens (including phenoxy) is 1. The zero-order valence-corrected chi connectivity index (χ0v) is 27.1. The molecule has 1 saturated heterocycles. The van der Waals surface area contributed by atoms with Gasteiger partial charge in [0.15, 0.2) is 0 Å². The molecular weight excluding hydrogens is 616 g/mol. The second-order valence-electron chi connectivity index (χ2n) is 11.0. The summed E-state index contributed by atoms with van der Waals surface area (Å²) in [5.41, 5.74) is 1.76. The quantitative estimate of drug-likeness (QED) is 0.117. The Kier molecular flexibility index (Phi) is 13.5. The molecule has 12 heteroatoms. The zero-order chi connectivity index (χ0) is 31.5. The number of hydrogen-bond donors (Lipinski definition) is 0. The van der Waals surface area contributed by atoms with Gasteiger partial charge in [-0.2, -0.15) is 0 Å². The van der Waals surface area contributed by atoms with E-state index in [1.807, 2.05) is 18.2 Å². The molecule has 0 aromatic heterocycles. The fraction of sp³-hybridized carbons (Fsp3) is 0.364. The van der Waals surface area contributed by atoms with E-state index in [2.05, 4.69) is 23.6 Å². The molecule has 45 heavy (non-hydrogen) atoms. The Balaban J connectivity index is 0.00000552. The fourth-order valence-corrected chi connectivity index (χ4v) is 6.75. The molecule has 0 radical (unpaired) electrons. The Bertz CT molecular complexity index is 1480. The van der Waals surface area contributed by atoms with Crippen molar-refractivity contribution >= 4 is 34.2 Å². The first-order valence-corrected chi connectivity index (χ1v) is 16.2. The van der Waals surface area contributed by atoms with E-state index in [1.165, 1.54) is 16.4 Å². The van der Waals surface area contributed by atoms with Crippen LogP contribution >= 0.6 is 12.4 Å². The van der Waals surface area contributed by atoms with Gasteiger partial charge in [-0.3, -0.25) is 10.1 Å². The highest BCUT2D eigenvalue weighted by Gasteiger charge is 2.29. The fourth-order valence-electron chi connectivity index (χ4n) is 5.52. The van der Waals surface area contributed by atoms with Gasteiger partial charge in [-0.1, -0.05) is 54.6 Å². The molecule has 4 rings (SSSR count). The molecule has 3 aromatic rings. The molecule has 1 aliphatic rings. The van der Waals surface area contributed by atoms with Crippen molar-refractivity contribution in [2.75, 3.05) is 39.8 Å². The standard InChI is InChI=1S/C33H40N4O6S.ClH/c1-3-21-36(33(38)43-26-27-14-16-31(17-15-27)37(39)40)30-19-23-35(24-20-30)22-18-29(28-10-6-4-7-11-28)25-34(2)44(41,42)32-12-8-5-9-13-32;/h3-17,29-30H,1,18-26H2,2H3;1H/t29-;/m0./s1. The topological polar surface area (TPSA) is 113 Å².